The van der Waals surface area contributed by atoms with Crippen molar-refractivity contribution in [1.29, 1.82) is 0 Å². The zero-order chi connectivity index (χ0) is 10.3. The van der Waals surface area contributed by atoms with Crippen molar-refractivity contribution in [2.45, 2.75) is 26.2 Å². The van der Waals surface area contributed by atoms with Crippen LogP contribution in [-0.2, 0) is 23.9 Å². The minimum Gasteiger partial charge on any atom is -0.393 e. The van der Waals surface area contributed by atoms with Gasteiger partial charge in [0.1, 0.15) is 0 Å². The van der Waals surface area contributed by atoms with Crippen LogP contribution in [0.1, 0.15) is 26.2 Å². The minimum atomic E-state index is -0.675. The first-order valence-electron chi connectivity index (χ1n) is 3.75. The Labute approximate surface area is 75.1 Å². The van der Waals surface area contributed by atoms with E-state index in [0.717, 1.165) is 6.92 Å². The fraction of sp³-hybridized carbons (Fsp3) is 0.500. The summed E-state index contributed by atoms with van der Waals surface area (Å²) in [6.45, 7) is 1.12. The molecule has 0 aromatic carbocycles. The summed E-state index contributed by atoms with van der Waals surface area (Å²) >= 11 is 0. The normalized spacial score (nSPS) is 9.00. The average molecular weight is 186 g/mol. The Balaban J connectivity index is 3.53. The zero-order valence-corrected chi connectivity index (χ0v) is 7.24. The Morgan fingerprint density at radius 1 is 1.23 bits per heavy atom. The van der Waals surface area contributed by atoms with E-state index >= 15 is 0 Å². The van der Waals surface area contributed by atoms with E-state index in [9.17, 15) is 19.2 Å². The predicted octanol–water partition coefficient (Wildman–Crippen LogP) is 0.0144. The number of esters is 2. The lowest BCUT2D eigenvalue weighted by atomic mass is 10.2. The minimum absolute atomic E-state index is 0.0104. The molecule has 0 aliphatic carbocycles. The van der Waals surface area contributed by atoms with Crippen molar-refractivity contribution in [1.82, 2.24) is 0 Å². The molecular formula is C8H10O5. The monoisotopic (exact) mass is 186 g/mol. The van der Waals surface area contributed by atoms with Crippen molar-refractivity contribution in [2.24, 2.45) is 0 Å². The first-order valence-corrected chi connectivity index (χ1v) is 3.75. The molecule has 0 rings (SSSR count). The second-order valence-corrected chi connectivity index (χ2v) is 2.40. The molecule has 0 radical (unpaired) electrons. The number of carbonyl (C=O) groups is 4. The molecule has 0 aliphatic heterocycles. The predicted molar refractivity (Wildman–Crippen MR) is 41.7 cm³/mol. The number of hydrogen-bond acceptors (Lipinski definition) is 5. The Kier molecular flexibility index (Phi) is 5.34. The molecule has 0 aliphatic rings. The molecule has 0 bridgehead atoms. The van der Waals surface area contributed by atoms with Crippen LogP contribution in [0.2, 0.25) is 0 Å². The van der Waals surface area contributed by atoms with Crippen LogP contribution in [0.15, 0.2) is 0 Å². The summed E-state index contributed by atoms with van der Waals surface area (Å²) in [7, 11) is 0. The quantitative estimate of drug-likeness (QED) is 0.261. The molecule has 0 aromatic heterocycles. The molecule has 0 aromatic rings. The number of Topliss-reactive ketones (excluding diaryl/α,β-unsaturated/α-hetero) is 1. The van der Waals surface area contributed by atoms with Crippen LogP contribution in [-0.4, -0.2) is 24.0 Å². The van der Waals surface area contributed by atoms with Crippen LogP contribution in [0, 0.1) is 0 Å². The standard InChI is InChI=1S/C8H10O5/c1-6(10)13-8(12)4-2-3-7(11)5-9/h5H,2-4H2,1H3. The largest absolute Gasteiger partial charge is 0.393 e. The van der Waals surface area contributed by atoms with Gasteiger partial charge in [-0.3, -0.25) is 19.2 Å². The van der Waals surface area contributed by atoms with Crippen molar-refractivity contribution in [3.05, 3.63) is 0 Å². The van der Waals surface area contributed by atoms with E-state index in [1.807, 2.05) is 0 Å². The van der Waals surface area contributed by atoms with Crippen LogP contribution in [0.5, 0.6) is 0 Å². The van der Waals surface area contributed by atoms with Gasteiger partial charge in [-0.25, -0.2) is 0 Å². The van der Waals surface area contributed by atoms with Gasteiger partial charge in [-0.05, 0) is 6.42 Å². The highest BCUT2D eigenvalue weighted by Gasteiger charge is 2.07. The van der Waals surface area contributed by atoms with Crippen LogP contribution in [0.25, 0.3) is 0 Å². The lowest BCUT2D eigenvalue weighted by Gasteiger charge is -1.97. The summed E-state index contributed by atoms with van der Waals surface area (Å²) < 4.78 is 4.19. The van der Waals surface area contributed by atoms with E-state index in [-0.39, 0.29) is 25.5 Å². The third-order valence-electron chi connectivity index (χ3n) is 1.19. The summed E-state index contributed by atoms with van der Waals surface area (Å²) in [6, 6.07) is 0. The van der Waals surface area contributed by atoms with Crippen molar-refractivity contribution in [3.8, 4) is 0 Å². The van der Waals surface area contributed by atoms with Gasteiger partial charge in [0.05, 0.1) is 0 Å². The molecule has 0 spiro atoms. The van der Waals surface area contributed by atoms with Gasteiger partial charge in [-0.2, -0.15) is 0 Å². The highest BCUT2D eigenvalue weighted by molar-refractivity contribution is 6.24. The van der Waals surface area contributed by atoms with E-state index < -0.39 is 17.7 Å². The fourth-order valence-electron chi connectivity index (χ4n) is 0.677. The molecule has 0 saturated heterocycles. The van der Waals surface area contributed by atoms with Crippen LogP contribution >= 0.6 is 0 Å². The molecule has 0 amide bonds. The number of carbonyl (C=O) groups excluding carboxylic acids is 4. The van der Waals surface area contributed by atoms with E-state index in [1.54, 1.807) is 0 Å². The topological polar surface area (TPSA) is 77.5 Å². The van der Waals surface area contributed by atoms with E-state index in [0.29, 0.717) is 0 Å². The molecule has 72 valence electrons. The summed E-state index contributed by atoms with van der Waals surface area (Å²) in [4.78, 5) is 41.2. The Morgan fingerprint density at radius 2 is 1.85 bits per heavy atom. The fourth-order valence-corrected chi connectivity index (χ4v) is 0.677. The summed E-state index contributed by atoms with van der Waals surface area (Å²) in [5.74, 6) is -1.91. The van der Waals surface area contributed by atoms with Crippen LogP contribution in [0.3, 0.4) is 0 Å². The van der Waals surface area contributed by atoms with Crippen molar-refractivity contribution >= 4 is 24.0 Å². The number of ether oxygens (including phenoxy) is 1. The van der Waals surface area contributed by atoms with Gasteiger partial charge < -0.3 is 4.74 Å². The highest BCUT2D eigenvalue weighted by Crippen LogP contribution is 1.97. The highest BCUT2D eigenvalue weighted by atomic mass is 16.6. The van der Waals surface area contributed by atoms with E-state index in [2.05, 4.69) is 4.74 Å². The number of rotatable bonds is 5. The second kappa shape index (κ2) is 6.05. The van der Waals surface area contributed by atoms with Crippen LogP contribution < -0.4 is 0 Å². The lowest BCUT2D eigenvalue weighted by Crippen LogP contribution is -2.09. The molecule has 5 heteroatoms. The smallest absolute Gasteiger partial charge is 0.313 e. The first-order chi connectivity index (χ1) is 6.06. The summed E-state index contributed by atoms with van der Waals surface area (Å²) in [6.07, 6.45) is 0.412. The molecule has 0 heterocycles. The second-order valence-electron chi connectivity index (χ2n) is 2.40. The Hall–Kier alpha value is -1.52. The van der Waals surface area contributed by atoms with E-state index in [1.165, 1.54) is 0 Å². The molecular weight excluding hydrogens is 176 g/mol. The van der Waals surface area contributed by atoms with E-state index in [4.69, 9.17) is 0 Å². The maximum absolute atomic E-state index is 10.7. The molecule has 0 fully saturated rings. The van der Waals surface area contributed by atoms with Gasteiger partial charge in [-0.15, -0.1) is 0 Å². The van der Waals surface area contributed by atoms with Gasteiger partial charge in [0.25, 0.3) is 0 Å². The van der Waals surface area contributed by atoms with Gasteiger partial charge in [0.15, 0.2) is 12.1 Å². The Bertz CT molecular complexity index is 231. The van der Waals surface area contributed by atoms with Crippen LogP contribution in [0.4, 0.5) is 0 Å². The van der Waals surface area contributed by atoms with Gasteiger partial charge >= 0.3 is 11.9 Å². The number of aldehydes is 1. The van der Waals surface area contributed by atoms with Gasteiger partial charge in [0, 0.05) is 19.8 Å². The molecule has 5 nitrogen and oxygen atoms in total. The lowest BCUT2D eigenvalue weighted by molar-refractivity contribution is -0.158. The molecule has 0 atom stereocenters. The maximum Gasteiger partial charge on any atom is 0.313 e. The molecule has 0 N–H and O–H groups in total. The van der Waals surface area contributed by atoms with Gasteiger partial charge in [0.2, 0.25) is 0 Å². The number of hydrogen-bond donors (Lipinski definition) is 0. The first kappa shape index (κ1) is 11.5. The Morgan fingerprint density at radius 3 is 2.31 bits per heavy atom. The zero-order valence-electron chi connectivity index (χ0n) is 7.24. The third-order valence-corrected chi connectivity index (χ3v) is 1.19. The third kappa shape index (κ3) is 6.86. The summed E-state index contributed by atoms with van der Waals surface area (Å²) in [5.41, 5.74) is 0. The van der Waals surface area contributed by atoms with Gasteiger partial charge in [-0.1, -0.05) is 0 Å². The van der Waals surface area contributed by atoms with Crippen molar-refractivity contribution in [3.63, 3.8) is 0 Å². The average Bonchev–Trinajstić information content (AvgIpc) is 2.02. The number of ketones is 1. The summed E-state index contributed by atoms with van der Waals surface area (Å²) in [5, 5.41) is 0. The van der Waals surface area contributed by atoms with Crippen molar-refractivity contribution in [2.75, 3.05) is 0 Å². The van der Waals surface area contributed by atoms with Crippen molar-refractivity contribution < 1.29 is 23.9 Å². The maximum atomic E-state index is 10.7. The SMILES string of the molecule is CC(=O)OC(=O)CCCC(=O)C=O. The molecule has 0 unspecified atom stereocenters. The molecule has 13 heavy (non-hydrogen) atoms. The molecule has 0 saturated carbocycles.